The maximum atomic E-state index is 6.30. The molecular weight excluding hydrogens is 649 g/mol. The summed E-state index contributed by atoms with van der Waals surface area (Å²) in [6.07, 6.45) is 0. The van der Waals surface area contributed by atoms with Crippen LogP contribution < -0.4 is 0 Å². The van der Waals surface area contributed by atoms with Gasteiger partial charge in [0, 0.05) is 31.0 Å². The maximum absolute atomic E-state index is 6.30. The molecule has 244 valence electrons. The molecular formula is C50H32OS. The van der Waals surface area contributed by atoms with Gasteiger partial charge in [0.25, 0.3) is 0 Å². The van der Waals surface area contributed by atoms with Gasteiger partial charge >= 0.3 is 0 Å². The van der Waals surface area contributed by atoms with Gasteiger partial charge in [0.05, 0.1) is 0 Å². The third-order valence-electron chi connectivity index (χ3n) is 10.2. The van der Waals surface area contributed by atoms with Crippen LogP contribution in [0.15, 0.2) is 213 Å². The zero-order chi connectivity index (χ0) is 34.5. The van der Waals surface area contributed by atoms with Gasteiger partial charge in [-0.15, -0.1) is 0 Å². The molecule has 1 heterocycles. The van der Waals surface area contributed by atoms with Crippen LogP contribution in [0.4, 0.5) is 0 Å². The first-order chi connectivity index (χ1) is 25.8. The second-order valence-corrected chi connectivity index (χ2v) is 15.9. The van der Waals surface area contributed by atoms with Gasteiger partial charge < -0.3 is 4.42 Å². The lowest BCUT2D eigenvalue weighted by atomic mass is 9.87. The molecule has 0 aliphatic heterocycles. The summed E-state index contributed by atoms with van der Waals surface area (Å²) in [6.45, 7) is 0. The summed E-state index contributed by atoms with van der Waals surface area (Å²) in [5.74, 6) is 3.93. The van der Waals surface area contributed by atoms with E-state index in [9.17, 15) is 0 Å². The zero-order valence-corrected chi connectivity index (χ0v) is 29.1. The quantitative estimate of drug-likeness (QED) is 0.133. The van der Waals surface area contributed by atoms with Crippen molar-refractivity contribution in [2.45, 2.75) is 14.7 Å². The molecule has 2 heteroatoms. The van der Waals surface area contributed by atoms with Crippen LogP contribution in [0.2, 0.25) is 0 Å². The van der Waals surface area contributed by atoms with Crippen LogP contribution in [-0.4, -0.2) is 0 Å². The van der Waals surface area contributed by atoms with Crippen molar-refractivity contribution >= 4 is 64.3 Å². The molecule has 0 aliphatic carbocycles. The Hall–Kier alpha value is -6.53. The second kappa shape index (κ2) is 12.4. The molecule has 0 unspecified atom stereocenters. The van der Waals surface area contributed by atoms with Crippen molar-refractivity contribution < 1.29 is 4.42 Å². The van der Waals surface area contributed by atoms with Gasteiger partial charge in [0.2, 0.25) is 0 Å². The first-order valence-corrected chi connectivity index (χ1v) is 19.2. The van der Waals surface area contributed by atoms with Crippen LogP contribution in [0.1, 0.15) is 5.56 Å². The maximum Gasteiger partial charge on any atom is 0.135 e. The topological polar surface area (TPSA) is 13.1 Å². The summed E-state index contributed by atoms with van der Waals surface area (Å²) >= 11 is 0. The summed E-state index contributed by atoms with van der Waals surface area (Å²) in [5, 5.41) is 13.5. The number of furan rings is 1. The normalized spacial score (nSPS) is 12.0. The SMILES string of the molecule is C(#CS(c1ccccc1)(c1ccccc1)c1ccc2oc3ccccc3c2c1)c1c2ccccc2c(-c2cccc3ccccc23)c2ccccc12. The van der Waals surface area contributed by atoms with Gasteiger partial charge in [-0.25, -0.2) is 0 Å². The van der Waals surface area contributed by atoms with E-state index < -0.39 is 10.0 Å². The van der Waals surface area contributed by atoms with Crippen LogP contribution in [0.3, 0.4) is 0 Å². The minimum Gasteiger partial charge on any atom is -0.456 e. The van der Waals surface area contributed by atoms with E-state index in [1.807, 2.05) is 12.1 Å². The summed E-state index contributed by atoms with van der Waals surface area (Å²) in [7, 11) is -2.10. The Morgan fingerprint density at radius 2 is 0.885 bits per heavy atom. The highest BCUT2D eigenvalue weighted by Gasteiger charge is 2.30. The molecule has 1 aromatic heterocycles. The van der Waals surface area contributed by atoms with E-state index in [-0.39, 0.29) is 0 Å². The summed E-state index contributed by atoms with van der Waals surface area (Å²) < 4.78 is 6.30. The molecule has 0 atom stereocenters. The van der Waals surface area contributed by atoms with Gasteiger partial charge in [0.15, 0.2) is 0 Å². The first kappa shape index (κ1) is 30.3. The van der Waals surface area contributed by atoms with Gasteiger partial charge in [0.1, 0.15) is 11.2 Å². The van der Waals surface area contributed by atoms with E-state index in [4.69, 9.17) is 4.42 Å². The van der Waals surface area contributed by atoms with Crippen molar-refractivity contribution in [3.05, 3.63) is 200 Å². The van der Waals surface area contributed by atoms with E-state index in [0.29, 0.717) is 0 Å². The molecule has 1 nitrogen and oxygen atoms in total. The third kappa shape index (κ3) is 4.75. The smallest absolute Gasteiger partial charge is 0.135 e. The lowest BCUT2D eigenvalue weighted by Crippen LogP contribution is -2.02. The van der Waals surface area contributed by atoms with Crippen molar-refractivity contribution in [1.29, 1.82) is 0 Å². The Morgan fingerprint density at radius 1 is 0.365 bits per heavy atom. The van der Waals surface area contributed by atoms with Crippen LogP contribution >= 0.6 is 10.0 Å². The second-order valence-electron chi connectivity index (χ2n) is 13.1. The molecule has 10 rings (SSSR count). The Kier molecular flexibility index (Phi) is 7.20. The molecule has 10 aromatic rings. The van der Waals surface area contributed by atoms with E-state index in [0.717, 1.165) is 38.3 Å². The molecule has 0 bridgehead atoms. The van der Waals surface area contributed by atoms with Crippen LogP contribution in [-0.2, 0) is 0 Å². The Labute approximate surface area is 304 Å². The van der Waals surface area contributed by atoms with Gasteiger partial charge in [-0.05, 0) is 97.2 Å². The number of benzene rings is 9. The van der Waals surface area contributed by atoms with Crippen LogP contribution in [0, 0.1) is 11.2 Å². The zero-order valence-electron chi connectivity index (χ0n) is 28.3. The Balaban J connectivity index is 1.31. The Morgan fingerprint density at radius 3 is 1.56 bits per heavy atom. The molecule has 9 aromatic carbocycles. The minimum atomic E-state index is -2.10. The van der Waals surface area contributed by atoms with Crippen molar-refractivity contribution in [2.24, 2.45) is 0 Å². The molecule has 0 saturated carbocycles. The average molecular weight is 681 g/mol. The molecule has 0 spiro atoms. The molecule has 0 N–H and O–H groups in total. The molecule has 0 radical (unpaired) electrons. The minimum absolute atomic E-state index is 0.883. The summed E-state index contributed by atoms with van der Waals surface area (Å²) in [4.78, 5) is 3.57. The number of fused-ring (bicyclic) bond motifs is 6. The highest BCUT2D eigenvalue weighted by atomic mass is 32.3. The monoisotopic (exact) mass is 680 g/mol. The molecule has 0 saturated heterocycles. The fraction of sp³-hybridized carbons (Fsp3) is 0. The fourth-order valence-corrected chi connectivity index (χ4v) is 11.0. The standard InChI is InChI=1S/C50H32OS/c1-3-18-36(19-4-1)52(37-20-5-2-6-21-37,38-30-31-49-47(34-38)43-25-13-14-29-48(43)51-49)33-32-42-40-23-9-11-26-45(40)50(46-27-12-10-24-41(42)46)44-28-15-17-35-16-7-8-22-39(35)44/h1-31,34H. The Bertz CT molecular complexity index is 2920. The van der Waals surface area contributed by atoms with Crippen molar-refractivity contribution in [1.82, 2.24) is 0 Å². The van der Waals surface area contributed by atoms with Crippen molar-refractivity contribution in [3.63, 3.8) is 0 Å². The largest absolute Gasteiger partial charge is 0.456 e. The molecule has 0 aliphatic rings. The number of hydrogen-bond acceptors (Lipinski definition) is 1. The van der Waals surface area contributed by atoms with Crippen LogP contribution in [0.5, 0.6) is 0 Å². The van der Waals surface area contributed by atoms with E-state index in [2.05, 4.69) is 193 Å². The lowest BCUT2D eigenvalue weighted by molar-refractivity contribution is 0.668. The van der Waals surface area contributed by atoms with Gasteiger partial charge in [-0.1, -0.05) is 162 Å². The summed E-state index contributed by atoms with van der Waals surface area (Å²) in [5.41, 5.74) is 5.31. The molecule has 52 heavy (non-hydrogen) atoms. The highest BCUT2D eigenvalue weighted by Crippen LogP contribution is 2.68. The van der Waals surface area contributed by atoms with Crippen molar-refractivity contribution in [3.8, 4) is 22.3 Å². The number of para-hydroxylation sites is 1. The first-order valence-electron chi connectivity index (χ1n) is 17.6. The summed E-state index contributed by atoms with van der Waals surface area (Å²) in [6, 6.07) is 69.6. The average Bonchev–Trinajstić information content (AvgIpc) is 3.59. The predicted molar refractivity (Wildman–Crippen MR) is 220 cm³/mol. The number of hydrogen-bond donors (Lipinski definition) is 0. The number of rotatable bonds is 4. The van der Waals surface area contributed by atoms with E-state index in [1.54, 1.807) is 0 Å². The predicted octanol–water partition coefficient (Wildman–Crippen LogP) is 14.0. The van der Waals surface area contributed by atoms with Crippen molar-refractivity contribution in [2.75, 3.05) is 0 Å². The van der Waals surface area contributed by atoms with E-state index in [1.165, 1.54) is 47.4 Å². The fourth-order valence-electron chi connectivity index (χ4n) is 7.85. The molecule has 0 fully saturated rings. The van der Waals surface area contributed by atoms with E-state index >= 15 is 0 Å². The lowest BCUT2D eigenvalue weighted by Gasteiger charge is -2.36. The van der Waals surface area contributed by atoms with Gasteiger partial charge in [-0.2, -0.15) is 0 Å². The third-order valence-corrected chi connectivity index (χ3v) is 13.5. The molecule has 0 amide bonds. The van der Waals surface area contributed by atoms with Gasteiger partial charge in [-0.3, -0.25) is 0 Å². The van der Waals surface area contributed by atoms with Crippen LogP contribution in [0.25, 0.3) is 65.4 Å². The highest BCUT2D eigenvalue weighted by molar-refractivity contribution is 8.37.